The Balaban J connectivity index is 3.10. The van der Waals surface area contributed by atoms with Crippen LogP contribution in [0.5, 0.6) is 0 Å². The van der Waals surface area contributed by atoms with Crippen LogP contribution in [0, 0.1) is 12.3 Å². The minimum atomic E-state index is -4.54. The largest absolute Gasteiger partial charge is 0.435 e. The molecule has 1 aromatic rings. The van der Waals surface area contributed by atoms with Crippen molar-refractivity contribution in [1.29, 1.82) is 0 Å². The summed E-state index contributed by atoms with van der Waals surface area (Å²) < 4.78 is 37.9. The Morgan fingerprint density at radius 1 is 1.62 bits per heavy atom. The summed E-state index contributed by atoms with van der Waals surface area (Å²) in [6, 6.07) is 0.812. The first kappa shape index (κ1) is 11.9. The molecule has 1 heterocycles. The standard InChI is InChI=1S/C8H6F3N5/c1-2-3-16-6(5-13-15-12)4-7(14-16)8(9,10)11/h1,4H,3,5H2. The van der Waals surface area contributed by atoms with Gasteiger partial charge in [0.05, 0.1) is 6.54 Å². The van der Waals surface area contributed by atoms with Crippen LogP contribution >= 0.6 is 0 Å². The van der Waals surface area contributed by atoms with Crippen molar-refractivity contribution >= 4 is 0 Å². The molecule has 0 unspecified atom stereocenters. The Kier molecular flexibility index (Phi) is 3.43. The number of nitrogens with zero attached hydrogens (tertiary/aromatic N) is 5. The Bertz CT molecular complexity index is 461. The summed E-state index contributed by atoms with van der Waals surface area (Å²) in [5.74, 6) is 2.16. The maximum absolute atomic E-state index is 12.3. The molecule has 1 rings (SSSR count). The first-order valence-electron chi connectivity index (χ1n) is 4.07. The van der Waals surface area contributed by atoms with Gasteiger partial charge < -0.3 is 0 Å². The Morgan fingerprint density at radius 3 is 2.81 bits per heavy atom. The fraction of sp³-hybridized carbons (Fsp3) is 0.375. The number of hydrogen-bond acceptors (Lipinski definition) is 2. The van der Waals surface area contributed by atoms with E-state index < -0.39 is 11.9 Å². The van der Waals surface area contributed by atoms with Crippen molar-refractivity contribution in [2.24, 2.45) is 5.11 Å². The molecule has 84 valence electrons. The molecule has 0 atom stereocenters. The highest BCUT2D eigenvalue weighted by molar-refractivity contribution is 5.14. The lowest BCUT2D eigenvalue weighted by molar-refractivity contribution is -0.141. The second kappa shape index (κ2) is 4.59. The van der Waals surface area contributed by atoms with Gasteiger partial charge in [0.15, 0.2) is 5.69 Å². The van der Waals surface area contributed by atoms with E-state index in [1.165, 1.54) is 0 Å². The third-order valence-corrected chi connectivity index (χ3v) is 1.69. The molecule has 8 heteroatoms. The van der Waals surface area contributed by atoms with E-state index in [9.17, 15) is 13.2 Å². The highest BCUT2D eigenvalue weighted by atomic mass is 19.4. The molecule has 1 aromatic heterocycles. The van der Waals surface area contributed by atoms with Crippen LogP contribution in [-0.2, 0) is 19.3 Å². The summed E-state index contributed by atoms with van der Waals surface area (Å²) in [7, 11) is 0. The zero-order valence-electron chi connectivity index (χ0n) is 7.94. The number of azide groups is 1. The third-order valence-electron chi connectivity index (χ3n) is 1.69. The van der Waals surface area contributed by atoms with Crippen molar-refractivity contribution < 1.29 is 13.2 Å². The molecule has 0 saturated heterocycles. The topological polar surface area (TPSA) is 66.6 Å². The highest BCUT2D eigenvalue weighted by Crippen LogP contribution is 2.28. The second-order valence-corrected chi connectivity index (χ2v) is 2.77. The monoisotopic (exact) mass is 229 g/mol. The molecular weight excluding hydrogens is 223 g/mol. The van der Waals surface area contributed by atoms with Crippen LogP contribution in [-0.4, -0.2) is 9.78 Å². The second-order valence-electron chi connectivity index (χ2n) is 2.77. The van der Waals surface area contributed by atoms with Crippen LogP contribution in [0.3, 0.4) is 0 Å². The quantitative estimate of drug-likeness (QED) is 0.339. The van der Waals surface area contributed by atoms with E-state index >= 15 is 0 Å². The van der Waals surface area contributed by atoms with Crippen LogP contribution in [0.15, 0.2) is 11.2 Å². The Hall–Kier alpha value is -2.13. The maximum atomic E-state index is 12.3. The number of rotatable bonds is 3. The van der Waals surface area contributed by atoms with E-state index in [1.54, 1.807) is 0 Å². The van der Waals surface area contributed by atoms with E-state index in [1.807, 2.05) is 0 Å². The molecule has 0 N–H and O–H groups in total. The molecule has 0 spiro atoms. The molecule has 0 aliphatic heterocycles. The molecular formula is C8H6F3N5. The number of aromatic nitrogens is 2. The van der Waals surface area contributed by atoms with Crippen molar-refractivity contribution in [3.8, 4) is 12.3 Å². The maximum Gasteiger partial charge on any atom is 0.435 e. The van der Waals surface area contributed by atoms with Gasteiger partial charge in [-0.2, -0.15) is 18.3 Å². The van der Waals surface area contributed by atoms with Gasteiger partial charge in [0, 0.05) is 10.6 Å². The molecule has 0 radical (unpaired) electrons. The van der Waals surface area contributed by atoms with Crippen LogP contribution in [0.25, 0.3) is 10.4 Å². The van der Waals surface area contributed by atoms with Crippen molar-refractivity contribution in [3.05, 3.63) is 27.9 Å². The average molecular weight is 229 g/mol. The van der Waals surface area contributed by atoms with Crippen LogP contribution in [0.4, 0.5) is 13.2 Å². The van der Waals surface area contributed by atoms with E-state index in [0.717, 1.165) is 10.7 Å². The lowest BCUT2D eigenvalue weighted by atomic mass is 10.3. The first-order valence-corrected chi connectivity index (χ1v) is 4.07. The van der Waals surface area contributed by atoms with Gasteiger partial charge in [-0.15, -0.1) is 6.42 Å². The summed E-state index contributed by atoms with van der Waals surface area (Å²) in [5, 5.41) is 6.45. The van der Waals surface area contributed by atoms with Gasteiger partial charge in [0.25, 0.3) is 0 Å². The minimum absolute atomic E-state index is 0.105. The average Bonchev–Trinajstić information content (AvgIpc) is 2.58. The van der Waals surface area contributed by atoms with Crippen molar-refractivity contribution in [2.45, 2.75) is 19.3 Å². The van der Waals surface area contributed by atoms with E-state index in [-0.39, 0.29) is 18.8 Å². The van der Waals surface area contributed by atoms with Gasteiger partial charge in [0.2, 0.25) is 0 Å². The molecule has 0 saturated carbocycles. The lowest BCUT2D eigenvalue weighted by Crippen LogP contribution is -2.08. The molecule has 16 heavy (non-hydrogen) atoms. The summed E-state index contributed by atoms with van der Waals surface area (Å²) in [4.78, 5) is 2.45. The van der Waals surface area contributed by atoms with Gasteiger partial charge in [-0.1, -0.05) is 11.0 Å². The lowest BCUT2D eigenvalue weighted by Gasteiger charge is -2.00. The molecule has 5 nitrogen and oxygen atoms in total. The van der Waals surface area contributed by atoms with Crippen molar-refractivity contribution in [1.82, 2.24) is 9.78 Å². The normalized spacial score (nSPS) is 10.6. The fourth-order valence-electron chi connectivity index (χ4n) is 1.05. The first-order chi connectivity index (χ1) is 7.49. The molecule has 0 aromatic carbocycles. The zero-order chi connectivity index (χ0) is 12.2. The zero-order valence-corrected chi connectivity index (χ0v) is 7.94. The van der Waals surface area contributed by atoms with Gasteiger partial charge in [-0.25, -0.2) is 0 Å². The summed E-state index contributed by atoms with van der Waals surface area (Å²) >= 11 is 0. The SMILES string of the molecule is C#CCn1nc(C(F)(F)F)cc1CN=[N+]=[N-]. The number of halogens is 3. The van der Waals surface area contributed by atoms with Gasteiger partial charge in [-0.05, 0) is 11.6 Å². The number of hydrogen-bond donors (Lipinski definition) is 0. The van der Waals surface area contributed by atoms with Gasteiger partial charge in [-0.3, -0.25) is 4.68 Å². The smallest absolute Gasteiger partial charge is 0.257 e. The summed E-state index contributed by atoms with van der Waals surface area (Å²) in [6.45, 7) is -0.326. The predicted molar refractivity (Wildman–Crippen MR) is 48.9 cm³/mol. The molecule has 0 aliphatic carbocycles. The Morgan fingerprint density at radius 2 is 2.31 bits per heavy atom. The minimum Gasteiger partial charge on any atom is -0.257 e. The van der Waals surface area contributed by atoms with Gasteiger partial charge in [0.1, 0.15) is 6.54 Å². The third kappa shape index (κ3) is 2.68. The summed E-state index contributed by atoms with van der Waals surface area (Å²) in [5.41, 5.74) is 7.16. The van der Waals surface area contributed by atoms with Crippen LogP contribution < -0.4 is 0 Å². The molecule has 0 aliphatic rings. The fourth-order valence-corrected chi connectivity index (χ4v) is 1.05. The summed E-state index contributed by atoms with van der Waals surface area (Å²) in [6.07, 6.45) is 0.444. The molecule has 0 amide bonds. The molecule has 0 fully saturated rings. The van der Waals surface area contributed by atoms with Crippen molar-refractivity contribution in [2.75, 3.05) is 0 Å². The predicted octanol–water partition coefficient (Wildman–Crippen LogP) is 2.35. The van der Waals surface area contributed by atoms with E-state index in [4.69, 9.17) is 12.0 Å². The van der Waals surface area contributed by atoms with Crippen LogP contribution in [0.2, 0.25) is 0 Å². The highest BCUT2D eigenvalue weighted by Gasteiger charge is 2.34. The van der Waals surface area contributed by atoms with Crippen LogP contribution in [0.1, 0.15) is 11.4 Å². The molecule has 0 bridgehead atoms. The van der Waals surface area contributed by atoms with E-state index in [0.29, 0.717) is 0 Å². The Labute approximate surface area is 88.5 Å². The van der Waals surface area contributed by atoms with Crippen molar-refractivity contribution in [3.63, 3.8) is 0 Å². The number of alkyl halides is 3. The van der Waals surface area contributed by atoms with E-state index in [2.05, 4.69) is 21.0 Å². The number of terminal acetylenes is 1. The van der Waals surface area contributed by atoms with Gasteiger partial charge >= 0.3 is 6.18 Å².